The van der Waals surface area contributed by atoms with Gasteiger partial charge in [0, 0.05) is 193 Å². The Hall–Kier alpha value is -8.60. The van der Waals surface area contributed by atoms with E-state index < -0.39 is 277 Å². The van der Waals surface area contributed by atoms with Crippen molar-refractivity contribution in [3.8, 4) is 0 Å². The summed E-state index contributed by atoms with van der Waals surface area (Å²) < 4.78 is 415. The predicted molar refractivity (Wildman–Crippen MR) is 477 cm³/mol. The Morgan fingerprint density at radius 2 is 0.504 bits per heavy atom. The van der Waals surface area contributed by atoms with Crippen LogP contribution in [0.15, 0.2) is 33.9 Å². The fourth-order valence-corrected chi connectivity index (χ4v) is 38.7. The molecule has 0 spiro atoms. The van der Waals surface area contributed by atoms with E-state index in [0.29, 0.717) is 6.42 Å². The van der Waals surface area contributed by atoms with Gasteiger partial charge in [0.15, 0.2) is 9.84 Å². The molecule has 757 valence electrons. The van der Waals surface area contributed by atoms with E-state index in [1.54, 1.807) is 0 Å². The van der Waals surface area contributed by atoms with E-state index in [2.05, 4.69) is 55.0 Å². The molecule has 131 heavy (non-hydrogen) atoms. The molecule has 0 heterocycles. The van der Waals surface area contributed by atoms with Gasteiger partial charge in [-0.05, 0) is 31.3 Å². The first-order valence-electron chi connectivity index (χ1n) is 27.7. The van der Waals surface area contributed by atoms with E-state index >= 15 is 0 Å². The van der Waals surface area contributed by atoms with Gasteiger partial charge >= 0.3 is 0 Å². The van der Waals surface area contributed by atoms with Crippen LogP contribution < -0.4 is 0 Å². The van der Waals surface area contributed by atoms with Crippen LogP contribution in [0.25, 0.3) is 14.2 Å². The van der Waals surface area contributed by atoms with Crippen LogP contribution in [0.5, 0.6) is 0 Å². The van der Waals surface area contributed by atoms with Crippen molar-refractivity contribution in [1.29, 1.82) is 0 Å². The van der Waals surface area contributed by atoms with E-state index in [1.165, 1.54) is 92.4 Å². The van der Waals surface area contributed by atoms with Crippen molar-refractivity contribution in [3.63, 3.8) is 0 Å². The molecule has 0 bridgehead atoms. The smallest absolute Gasteiger partial charge is 0.291 e. The molecule has 0 aliphatic rings. The van der Waals surface area contributed by atoms with E-state index in [1.807, 2.05) is 0 Å². The Labute approximate surface area is 814 Å². The second kappa shape index (κ2) is 98.9. The number of hydrogen-bond acceptors (Lipinski definition) is 31. The van der Waals surface area contributed by atoms with Crippen LogP contribution in [-0.4, -0.2) is 264 Å². The van der Waals surface area contributed by atoms with Crippen molar-refractivity contribution in [2.75, 3.05) is 122 Å². The molecule has 3 radical (unpaired) electrons. The van der Waals surface area contributed by atoms with E-state index in [4.69, 9.17) is 41.0 Å². The Kier molecular flexibility index (Phi) is 156. The second-order valence-electron chi connectivity index (χ2n) is 20.5. The zero-order valence-corrected chi connectivity index (χ0v) is 174. The molecule has 0 aliphatic heterocycles. The first-order valence-corrected chi connectivity index (χ1v) is 61.5. The first kappa shape index (κ1) is 207. The molecule has 0 aliphatic carbocycles. The average Bonchev–Trinajstić information content (AvgIpc) is 0.823. The van der Waals surface area contributed by atoms with Crippen molar-refractivity contribution >= 4 is 242 Å². The van der Waals surface area contributed by atoms with Gasteiger partial charge in [-0.15, -0.1) is 26.4 Å². The summed E-state index contributed by atoms with van der Waals surface area (Å²) in [5.41, 5.74) is 0. The van der Waals surface area contributed by atoms with Gasteiger partial charge in [-0.3, -0.25) is 57.8 Å². The summed E-state index contributed by atoms with van der Waals surface area (Å²) in [6.45, 7) is 2.24. The molecule has 0 fully saturated rings. The molecule has 89 heteroatoms. The summed E-state index contributed by atoms with van der Waals surface area (Å²) >= 11 is -23.9. The predicted octanol–water partition coefficient (Wildman–Crippen LogP) is 6.59. The van der Waals surface area contributed by atoms with E-state index in [9.17, 15) is 118 Å². The molecule has 0 saturated heterocycles. The Morgan fingerprint density at radius 3 is 0.718 bits per heavy atom. The number of sulfonamides is 1. The number of sulfone groups is 1. The van der Waals surface area contributed by atoms with Crippen LogP contribution in [0.1, 0.15) is 149 Å². The van der Waals surface area contributed by atoms with Crippen LogP contribution in [-0.2, 0) is 365 Å². The molecular weight excluding hydrogens is 5500 g/mol. The number of hydrogen-bond donors (Lipinski definition) is 9. The standard InChI is InChI=1S/C17H36NO5S3.C4H13N4O6S4.C4H12N3O5S3.C3H10N2O6S4.C3H9NO5S3.C2H6N2O5S3.C2H6NO5S3.7CH4.12Rf.3Y/c1-2-3-4-5-6-7-8-9-10-11-12-13-14-15-16-26(23,17-24(19)20)18-25(21)22;1-5-17(13,6-15(9)10)4-18(14,8(2)3)7-16(11)12;1-5-15(11,12)4-14(10,7(2)3)6-13(8)9;1-14(10,4-12(6)7)3-15(2,11)5-13(8)9;1-11(7,4-10(5)6)3-12(2,8)9;1-3-12(9,2-10(5)6)4-11(7)8;1-11(8,2-9(4)5)3-10(6)7;;;;;;;;;;;;;;;;;;;;;;/h2-17H2,1H3,(H,21,22);4H2,1-3H3,(H2-,5,6,9,10,11,12,13);4H2,1-3H3,(H,8,9);3H2,1-2H3,(H,6,7)(H,8,9);3H2,1-2H3,(H,5,6);2H2,1H3,(H-,3,4,7,8,9);2H2,1H3,(H,6,7);7*1H4;;;;;;;;;;;;;;;/q3*-1;;;-2;-1;;;;;;;;;;;;;;;;;;;;;;. The van der Waals surface area contributed by atoms with E-state index in [-0.39, 0.29) is 156 Å². The Bertz CT molecular complexity index is 4840. The number of nitrogens with zero attached hydrogens (tertiary/aromatic N) is 14. The summed E-state index contributed by atoms with van der Waals surface area (Å²) in [4.78, 5) is 0. The van der Waals surface area contributed by atoms with Crippen molar-refractivity contribution < 1.29 is 257 Å². The third-order valence-electron chi connectivity index (χ3n) is 9.94. The van der Waals surface area contributed by atoms with Crippen LogP contribution in [0.3, 0.4) is 0 Å². The minimum absolute atomic E-state index is 0. The quantitative estimate of drug-likeness (QED) is 0.0176. The molecule has 0 amide bonds. The second-order valence-corrected chi connectivity index (χ2v) is 58.5. The molecule has 9 N–H and O–H groups in total. The van der Waals surface area contributed by atoms with Crippen molar-refractivity contribution in [1.82, 2.24) is 8.61 Å². The zero-order valence-electron chi connectivity index (χ0n) is 69.9. The molecule has 18 unspecified atom stereocenters. The van der Waals surface area contributed by atoms with Gasteiger partial charge in [0.2, 0.25) is 0 Å². The van der Waals surface area contributed by atoms with Crippen LogP contribution >= 0.6 is 0 Å². The van der Waals surface area contributed by atoms with Crippen molar-refractivity contribution in [3.05, 3.63) is 14.2 Å². The van der Waals surface area contributed by atoms with Gasteiger partial charge in [-0.1, -0.05) is 182 Å². The zero-order chi connectivity index (χ0) is 87.6. The topological polar surface area (TPSA) is 820 Å². The largest absolute Gasteiger partial charge is 0.570 e. The van der Waals surface area contributed by atoms with Gasteiger partial charge in [-0.2, -0.15) is 21.1 Å². The monoisotopic (exact) mass is 5620 g/mol. The van der Waals surface area contributed by atoms with E-state index in [0.717, 1.165) is 80.3 Å². The van der Waals surface area contributed by atoms with Crippen molar-refractivity contribution in [2.24, 2.45) is 33.9 Å². The van der Waals surface area contributed by atoms with Crippen LogP contribution in [0, 0.1) is 0 Å². The maximum absolute atomic E-state index is 12.2. The average molecular weight is 5620 g/mol. The fourth-order valence-electron chi connectivity index (χ4n) is 6.09. The van der Waals surface area contributed by atoms with Crippen LogP contribution in [0.4, 0.5) is 0 Å². The van der Waals surface area contributed by atoms with Gasteiger partial charge < -0.3 is 39.4 Å². The third kappa shape index (κ3) is 135. The molecule has 0 aromatic heterocycles. The molecular formula is C42H120N14O37Rf12S23Y3-6. The fraction of sp³-hybridized carbons (Fsp3) is 1.00. The molecule has 0 rings (SSSR count). The molecule has 18 atom stereocenters. The van der Waals surface area contributed by atoms with Gasteiger partial charge in [-0.25, -0.2) is 84.4 Å². The maximum Gasteiger partial charge on any atom is 0.291 e. The number of rotatable bonds is 43. The van der Waals surface area contributed by atoms with Gasteiger partial charge in [0.05, 0.1) is 39.2 Å². The molecule has 51 nitrogen and oxygen atoms in total. The minimum Gasteiger partial charge on any atom is -0.570 e. The summed E-state index contributed by atoms with van der Waals surface area (Å²) in [6.07, 6.45) is 21.6. The third-order valence-corrected chi connectivity index (χ3v) is 47.9. The SMILES string of the molecule is C.C.C.C.C.C.C.CCCCCCCCCCCCCCCCS(=O)(C[S-](=O)=O)=NS(=O)O.CS(=O)(=O)CS(C)(=O)=NS(=O)O.CS(=O)(CS(C)(=O)=NS(=O)O)=NS(=O)O.CS(=O)(C[S-](=O)=O)=NS(=O)O.C[N-]S(=O)(=O)CS(=O)(=NS(=O)O)N(C)C.C[N-]S(=O)(CS(=O)(=NS(=O)O)N(C)C)=NS(=O)O.C[N-]S(=O)(C[S-](=O)=O)=NS(=O)O.[Rf].[Rf].[Rf].[Rf].[Rf].[Rf].[Rf].[Rf].[Rf].[Rf].[Rf].[Rf].[Y].[Y].[Y]. The summed E-state index contributed by atoms with van der Waals surface area (Å²) in [5, 5.41) is -5.35. The maximum atomic E-state index is 12.2. The molecule has 0 saturated carbocycles. The Morgan fingerprint density at radius 1 is 0.282 bits per heavy atom. The van der Waals surface area contributed by atoms with Crippen molar-refractivity contribution in [2.45, 2.75) is 149 Å². The van der Waals surface area contributed by atoms with Crippen LogP contribution in [0.2, 0.25) is 0 Å². The summed E-state index contributed by atoms with van der Waals surface area (Å²) in [6, 6.07) is 0. The molecule has 0 aromatic rings. The number of unbranched alkanes of at least 4 members (excludes halogenated alkanes) is 13. The summed E-state index contributed by atoms with van der Waals surface area (Å²) in [7, 11) is -36.4. The first-order chi connectivity index (χ1) is 49.0. The summed E-state index contributed by atoms with van der Waals surface area (Å²) in [5.74, 6) is 0.0608. The normalized spacial score (nSPS) is 15.8. The molecule has 0 aromatic carbocycles. The minimum atomic E-state index is -3.90. The van der Waals surface area contributed by atoms with Gasteiger partial charge in [0.1, 0.15) is 40.2 Å². The van der Waals surface area contributed by atoms with Gasteiger partial charge in [0.25, 0.3) is 101 Å². The Balaban J connectivity index is -0.0000000339.